The number of hydrogen-bond donors (Lipinski definition) is 0. The Bertz CT molecular complexity index is 704. The average Bonchev–Trinajstić information content (AvgIpc) is 2.65. The molecule has 18 heavy (non-hydrogen) atoms. The Balaban J connectivity index is 2.50. The number of carbonyl (C=O) groups is 2. The van der Waals surface area contributed by atoms with E-state index in [0.29, 0.717) is 28.6 Å². The third-order valence-corrected chi connectivity index (χ3v) is 3.14. The van der Waals surface area contributed by atoms with Gasteiger partial charge in [0, 0.05) is 5.39 Å². The molecule has 2 aromatic rings. The first kappa shape index (κ1) is 10.9. The van der Waals surface area contributed by atoms with Gasteiger partial charge in [-0.3, -0.25) is 4.98 Å². The van der Waals surface area contributed by atoms with Crippen LogP contribution in [0.2, 0.25) is 0 Å². The van der Waals surface area contributed by atoms with Crippen LogP contribution < -0.4 is 0 Å². The van der Waals surface area contributed by atoms with Gasteiger partial charge >= 0.3 is 11.9 Å². The number of rotatable bonds is 1. The molecule has 0 bridgehead atoms. The zero-order valence-electron chi connectivity index (χ0n) is 10.1. The number of benzene rings is 1. The average molecular weight is 241 g/mol. The minimum absolute atomic E-state index is 0.334. The fourth-order valence-electron chi connectivity index (χ4n) is 2.30. The van der Waals surface area contributed by atoms with Crippen molar-refractivity contribution in [3.63, 3.8) is 0 Å². The largest absolute Gasteiger partial charge is 0.386 e. The van der Waals surface area contributed by atoms with Gasteiger partial charge in [-0.15, -0.1) is 0 Å². The first-order valence-electron chi connectivity index (χ1n) is 5.81. The summed E-state index contributed by atoms with van der Waals surface area (Å²) in [6, 6.07) is 5.66. The second-order valence-electron chi connectivity index (χ2n) is 4.36. The number of esters is 2. The highest BCUT2D eigenvalue weighted by molar-refractivity contribution is 6.21. The van der Waals surface area contributed by atoms with Crippen molar-refractivity contribution in [3.05, 3.63) is 40.6 Å². The van der Waals surface area contributed by atoms with Crippen molar-refractivity contribution in [3.8, 4) is 0 Å². The molecule has 1 aliphatic rings. The molecule has 0 saturated heterocycles. The molecule has 2 heterocycles. The molecule has 1 aromatic heterocycles. The predicted octanol–water partition coefficient (Wildman–Crippen LogP) is 2.42. The van der Waals surface area contributed by atoms with Crippen LogP contribution in [0.4, 0.5) is 0 Å². The number of nitrogens with zero attached hydrogens (tertiary/aromatic N) is 1. The summed E-state index contributed by atoms with van der Waals surface area (Å²) in [6.07, 6.45) is 0.592. The molecule has 0 spiro atoms. The number of ether oxygens (including phenoxy) is 1. The molecule has 0 saturated carbocycles. The highest BCUT2D eigenvalue weighted by Gasteiger charge is 2.34. The number of pyridine rings is 1. The van der Waals surface area contributed by atoms with Gasteiger partial charge in [0.1, 0.15) is 0 Å². The van der Waals surface area contributed by atoms with E-state index in [9.17, 15) is 9.59 Å². The van der Waals surface area contributed by atoms with Crippen molar-refractivity contribution in [1.82, 2.24) is 4.98 Å². The van der Waals surface area contributed by atoms with E-state index in [1.807, 2.05) is 32.0 Å². The Morgan fingerprint density at radius 1 is 1.17 bits per heavy atom. The summed E-state index contributed by atoms with van der Waals surface area (Å²) in [5, 5.41) is 0.693. The normalized spacial score (nSPS) is 13.9. The highest BCUT2D eigenvalue weighted by Crippen LogP contribution is 2.30. The standard InChI is InChI=1S/C14H11NO3/c1-3-9-12-11(13(16)18-14(12)17)8-6-7(2)4-5-10(8)15-9/h4-6H,3H2,1-2H3. The molecule has 0 radical (unpaired) electrons. The molecule has 1 aromatic carbocycles. The lowest BCUT2D eigenvalue weighted by Crippen LogP contribution is -2.03. The maximum atomic E-state index is 11.8. The second kappa shape index (κ2) is 3.63. The monoisotopic (exact) mass is 241 g/mol. The number of carbonyl (C=O) groups excluding carboxylic acids is 2. The van der Waals surface area contributed by atoms with Crippen molar-refractivity contribution in [1.29, 1.82) is 0 Å². The van der Waals surface area contributed by atoms with Crippen LogP contribution in [-0.4, -0.2) is 16.9 Å². The van der Waals surface area contributed by atoms with Crippen molar-refractivity contribution in [2.75, 3.05) is 0 Å². The van der Waals surface area contributed by atoms with Crippen molar-refractivity contribution in [2.45, 2.75) is 20.3 Å². The van der Waals surface area contributed by atoms with E-state index in [2.05, 4.69) is 4.98 Å². The quantitative estimate of drug-likeness (QED) is 0.568. The third-order valence-electron chi connectivity index (χ3n) is 3.14. The Kier molecular flexibility index (Phi) is 2.20. The van der Waals surface area contributed by atoms with Gasteiger partial charge in [-0.2, -0.15) is 0 Å². The van der Waals surface area contributed by atoms with Gasteiger partial charge in [0.05, 0.1) is 22.3 Å². The molecule has 4 heteroatoms. The lowest BCUT2D eigenvalue weighted by Gasteiger charge is -2.06. The lowest BCUT2D eigenvalue weighted by molar-refractivity contribution is 0.0444. The van der Waals surface area contributed by atoms with Crippen LogP contribution in [0.5, 0.6) is 0 Å². The van der Waals surface area contributed by atoms with Gasteiger partial charge in [0.15, 0.2) is 0 Å². The van der Waals surface area contributed by atoms with Crippen molar-refractivity contribution < 1.29 is 14.3 Å². The lowest BCUT2D eigenvalue weighted by atomic mass is 10.00. The molecule has 3 rings (SSSR count). The molecule has 4 nitrogen and oxygen atoms in total. The van der Waals surface area contributed by atoms with Gasteiger partial charge in [-0.25, -0.2) is 9.59 Å². The van der Waals surface area contributed by atoms with Crippen LogP contribution in [0.25, 0.3) is 10.9 Å². The maximum absolute atomic E-state index is 11.8. The van der Waals surface area contributed by atoms with E-state index in [4.69, 9.17) is 4.74 Å². The van der Waals surface area contributed by atoms with Crippen molar-refractivity contribution in [2.24, 2.45) is 0 Å². The zero-order valence-corrected chi connectivity index (χ0v) is 10.1. The van der Waals surface area contributed by atoms with E-state index in [-0.39, 0.29) is 0 Å². The summed E-state index contributed by atoms with van der Waals surface area (Å²) < 4.78 is 4.70. The Hall–Kier alpha value is -2.23. The van der Waals surface area contributed by atoms with E-state index >= 15 is 0 Å². The van der Waals surface area contributed by atoms with Crippen LogP contribution >= 0.6 is 0 Å². The fraction of sp³-hybridized carbons (Fsp3) is 0.214. The number of aromatic nitrogens is 1. The molecule has 0 unspecified atom stereocenters. The number of aryl methyl sites for hydroxylation is 2. The second-order valence-corrected chi connectivity index (χ2v) is 4.36. The van der Waals surface area contributed by atoms with Gasteiger partial charge < -0.3 is 4.74 Å². The summed E-state index contributed by atoms with van der Waals surface area (Å²) in [7, 11) is 0. The van der Waals surface area contributed by atoms with Crippen LogP contribution in [0.15, 0.2) is 18.2 Å². The van der Waals surface area contributed by atoms with Gasteiger partial charge in [0.2, 0.25) is 0 Å². The number of cyclic esters (lactones) is 2. The summed E-state index contributed by atoms with van der Waals surface area (Å²) in [5.74, 6) is -1.15. The molecule has 1 aliphatic heterocycles. The smallest absolute Gasteiger partial charge is 0.348 e. The SMILES string of the molecule is CCc1nc2ccc(C)cc2c2c1C(=O)OC2=O. The summed E-state index contributed by atoms with van der Waals surface area (Å²) in [4.78, 5) is 27.9. The van der Waals surface area contributed by atoms with E-state index in [0.717, 1.165) is 11.1 Å². The van der Waals surface area contributed by atoms with E-state index < -0.39 is 11.9 Å². The minimum Gasteiger partial charge on any atom is -0.386 e. The van der Waals surface area contributed by atoms with Crippen LogP contribution in [0.3, 0.4) is 0 Å². The van der Waals surface area contributed by atoms with Crippen LogP contribution in [0, 0.1) is 6.92 Å². The van der Waals surface area contributed by atoms with Gasteiger partial charge in [0.25, 0.3) is 0 Å². The molecular weight excluding hydrogens is 230 g/mol. The molecule has 0 N–H and O–H groups in total. The Morgan fingerprint density at radius 2 is 1.89 bits per heavy atom. The van der Waals surface area contributed by atoms with E-state index in [1.54, 1.807) is 0 Å². The first-order chi connectivity index (χ1) is 8.61. The minimum atomic E-state index is -0.581. The molecular formula is C14H11NO3. The summed E-state index contributed by atoms with van der Waals surface area (Å²) in [5.41, 5.74) is 3.06. The first-order valence-corrected chi connectivity index (χ1v) is 5.81. The zero-order chi connectivity index (χ0) is 12.9. The van der Waals surface area contributed by atoms with Crippen LogP contribution in [0.1, 0.15) is 38.9 Å². The highest BCUT2D eigenvalue weighted by atomic mass is 16.6. The summed E-state index contributed by atoms with van der Waals surface area (Å²) >= 11 is 0. The number of fused-ring (bicyclic) bond motifs is 3. The Labute approximate surface area is 104 Å². The molecule has 0 aliphatic carbocycles. The topological polar surface area (TPSA) is 56.3 Å². The van der Waals surface area contributed by atoms with Gasteiger partial charge in [-0.1, -0.05) is 18.6 Å². The van der Waals surface area contributed by atoms with Crippen molar-refractivity contribution >= 4 is 22.8 Å². The fourth-order valence-corrected chi connectivity index (χ4v) is 2.30. The summed E-state index contributed by atoms with van der Waals surface area (Å²) in [6.45, 7) is 3.83. The molecule has 0 fully saturated rings. The number of hydrogen-bond acceptors (Lipinski definition) is 4. The molecule has 0 atom stereocenters. The van der Waals surface area contributed by atoms with Gasteiger partial charge in [-0.05, 0) is 25.5 Å². The van der Waals surface area contributed by atoms with E-state index in [1.165, 1.54) is 0 Å². The third kappa shape index (κ3) is 1.35. The molecule has 0 amide bonds. The predicted molar refractivity (Wildman–Crippen MR) is 65.6 cm³/mol. The van der Waals surface area contributed by atoms with Crippen LogP contribution in [-0.2, 0) is 11.2 Å². The Morgan fingerprint density at radius 3 is 2.61 bits per heavy atom. The molecule has 90 valence electrons. The maximum Gasteiger partial charge on any atom is 0.348 e.